The fourth-order valence-electron chi connectivity index (χ4n) is 19.3. The molecule has 678 valence electrons. The molecule has 0 amide bonds. The number of fused-ring (bicyclic) bond motifs is 17. The second-order valence-electron chi connectivity index (χ2n) is 41.7. The van der Waals surface area contributed by atoms with E-state index in [2.05, 4.69) is 469 Å². The summed E-state index contributed by atoms with van der Waals surface area (Å²) in [6, 6.07) is 108. The third-order valence-corrected chi connectivity index (χ3v) is 25.5. The van der Waals surface area contributed by atoms with Gasteiger partial charge in [-0.2, -0.15) is 0 Å². The van der Waals surface area contributed by atoms with E-state index in [9.17, 15) is 0 Å². The summed E-state index contributed by atoms with van der Waals surface area (Å²) in [5.41, 5.74) is 24.9. The highest BCUT2D eigenvalue weighted by Crippen LogP contribution is 2.56. The number of hydrogen-bond donors (Lipinski definition) is 0. The number of aromatic nitrogens is 3. The summed E-state index contributed by atoms with van der Waals surface area (Å²) in [7, 11) is 2.14. The second kappa shape index (κ2) is 36.7. The first-order valence-electron chi connectivity index (χ1n) is 50.0. The van der Waals surface area contributed by atoms with Crippen molar-refractivity contribution in [2.24, 2.45) is 0 Å². The molecule has 0 aliphatic carbocycles. The number of rotatable bonds is 1. The third-order valence-electron chi connectivity index (χ3n) is 24.3. The molecule has 22 rings (SSSR count). The third kappa shape index (κ3) is 18.6. The van der Waals surface area contributed by atoms with Crippen LogP contribution in [0.5, 0.6) is 11.5 Å². The second-order valence-corrected chi connectivity index (χ2v) is 42.8. The summed E-state index contributed by atoms with van der Waals surface area (Å²) < 4.78 is 70.2. The van der Waals surface area contributed by atoms with E-state index >= 15 is 0 Å². The van der Waals surface area contributed by atoms with Crippen LogP contribution in [0.2, 0.25) is 0 Å². The molecule has 15 aromatic carbocycles. The van der Waals surface area contributed by atoms with Gasteiger partial charge in [0.25, 0.3) is 0 Å². The molecule has 0 N–H and O–H groups in total. The lowest BCUT2D eigenvalue weighted by molar-refractivity contribution is 0.422. The minimum absolute atomic E-state index is 0.00498. The Kier molecular flexibility index (Phi) is 23.1. The highest BCUT2D eigenvalue weighted by molar-refractivity contribution is 7.99. The molecule has 0 saturated heterocycles. The standard InChI is InChI=1S/C22H22N2.C18H21N.C17H20N2.C17H19N.C16H17NO.C16H17NS.C16H17N/c1-22(2,3)24-20-15-9-7-13-18(20)23(17-11-5-4-6-12-17)19-14-8-10-16-21(19)24;1-12-8-6-10-14-15-11-7-9-13(2)17(15)19(16(12)14)18(3,4)5;1-17(2,3)19-15-11-7-5-9-13(15)18(4)14-10-6-8-12-16(14)19;1-12-9-10-14-13-7-5-6-8-15(13)18(16(14)11-12)17(2,3)4;2*1-16(2,3)17-12-8-4-6-10-14(12)18-15-11-7-5-9-13(15)17;1-16(2,3)17-14-10-6-4-8-12(14)13-9-5-7-11-15(13)17/h4-16H,1-3H3;6-11H,1-5H3;5-12H,1-4H3;5-11H,1-4H3;2*4-11H,1-3H3;4-11H,1-3H3/i;;;5D,6D,7D,8D,9D,10D,11D;;;. The molecule has 0 bridgehead atoms. The van der Waals surface area contributed by atoms with Gasteiger partial charge < -0.3 is 47.8 Å². The van der Waals surface area contributed by atoms with Crippen molar-refractivity contribution in [3.05, 3.63) is 368 Å². The molecule has 11 heteroatoms. The number of benzene rings is 15. The summed E-state index contributed by atoms with van der Waals surface area (Å²) in [5, 5.41) is 5.89. The molecule has 0 spiro atoms. The van der Waals surface area contributed by atoms with Crippen LogP contribution < -0.4 is 34.1 Å². The van der Waals surface area contributed by atoms with Crippen LogP contribution in [0.15, 0.2) is 361 Å². The number of aryl methyl sites for hydroxylation is 2. The molecule has 0 unspecified atom stereocenters. The molecule has 18 aromatic rings. The number of nitrogens with zero attached hydrogens (tertiary/aromatic N) is 9. The summed E-state index contributed by atoms with van der Waals surface area (Å²) in [5.74, 6) is 1.84. The van der Waals surface area contributed by atoms with Crippen molar-refractivity contribution >= 4 is 151 Å². The smallest absolute Gasteiger partial charge is 0.151 e. The molecule has 7 heterocycles. The van der Waals surface area contributed by atoms with E-state index < -0.39 is 5.54 Å². The number of hydrogen-bond acceptors (Lipinski definition) is 8. The first-order chi connectivity index (χ1) is 66.1. The molecule has 0 radical (unpaired) electrons. The zero-order valence-corrected chi connectivity index (χ0v) is 83.1. The van der Waals surface area contributed by atoms with E-state index in [1.807, 2.05) is 56.8 Å². The summed E-state index contributed by atoms with van der Waals surface area (Å²) in [4.78, 5) is 16.9. The van der Waals surface area contributed by atoms with Gasteiger partial charge in [-0.3, -0.25) is 0 Å². The number of ether oxygens (including phenoxy) is 1. The Morgan fingerprint density at radius 3 is 0.985 bits per heavy atom. The topological polar surface area (TPSA) is 43.5 Å². The quantitative estimate of drug-likeness (QED) is 0.161. The van der Waals surface area contributed by atoms with Crippen LogP contribution in [0, 0.1) is 20.8 Å². The Hall–Kier alpha value is -13.4. The van der Waals surface area contributed by atoms with Crippen LogP contribution in [-0.2, 0) is 16.6 Å². The molecule has 0 atom stereocenters. The highest BCUT2D eigenvalue weighted by Gasteiger charge is 2.38. The van der Waals surface area contributed by atoms with Crippen molar-refractivity contribution in [3.8, 4) is 11.5 Å². The van der Waals surface area contributed by atoms with E-state index in [1.165, 1.54) is 127 Å². The van der Waals surface area contributed by atoms with E-state index in [4.69, 9.17) is 14.3 Å². The Balaban J connectivity index is 0.000000118. The van der Waals surface area contributed by atoms with Crippen LogP contribution in [-0.4, -0.2) is 42.9 Å². The fourth-order valence-corrected chi connectivity index (χ4v) is 20.3. The highest BCUT2D eigenvalue weighted by atomic mass is 32.2. The van der Waals surface area contributed by atoms with Crippen molar-refractivity contribution in [2.75, 3.05) is 36.4 Å². The maximum atomic E-state index is 8.49. The van der Waals surface area contributed by atoms with Crippen molar-refractivity contribution in [3.63, 3.8) is 0 Å². The first kappa shape index (κ1) is 83.9. The Morgan fingerprint density at radius 2 is 0.564 bits per heavy atom. The molecule has 0 fully saturated rings. The Morgan fingerprint density at radius 1 is 0.248 bits per heavy atom. The van der Waals surface area contributed by atoms with Crippen LogP contribution in [0.1, 0.15) is 172 Å². The van der Waals surface area contributed by atoms with Gasteiger partial charge in [-0.15, -0.1) is 0 Å². The van der Waals surface area contributed by atoms with Gasteiger partial charge in [0.1, 0.15) is 0 Å². The van der Waals surface area contributed by atoms with Crippen LogP contribution in [0.25, 0.3) is 65.4 Å². The number of anilines is 13. The van der Waals surface area contributed by atoms with Crippen LogP contribution in [0.3, 0.4) is 0 Å². The van der Waals surface area contributed by atoms with Crippen molar-refractivity contribution in [2.45, 2.75) is 215 Å². The minimum Gasteiger partial charge on any atom is -0.453 e. The average Bonchev–Trinajstić information content (AvgIpc) is 1.53. The zero-order valence-electron chi connectivity index (χ0n) is 89.3. The van der Waals surface area contributed by atoms with Gasteiger partial charge in [-0.1, -0.05) is 230 Å². The zero-order chi connectivity index (χ0) is 101. The van der Waals surface area contributed by atoms with Gasteiger partial charge in [0, 0.05) is 116 Å². The predicted molar refractivity (Wildman–Crippen MR) is 577 cm³/mol. The van der Waals surface area contributed by atoms with Gasteiger partial charge >= 0.3 is 0 Å². The van der Waals surface area contributed by atoms with Gasteiger partial charge in [0.05, 0.1) is 88.9 Å². The van der Waals surface area contributed by atoms with E-state index in [1.54, 1.807) is 11.5 Å². The SMILES string of the molecule is CC(C)(C)N1c2ccccc2N(c2ccccc2)c2ccccc21.CC(C)(C)N1c2ccccc2Oc2ccccc21.CC(C)(C)N1c2ccccc2Sc2ccccc21.CC(C)(C)n1c2ccccc2c2ccccc21.CN1c2ccccc2N(C(C)(C)C)c2ccccc21.Cc1cccc2c3cccc(C)c3n(C(C)(C)C)c12.[2H]c1c([2H])c([2H])c2c(c1[2H])c1c([2H])c([2H])c(C)c([2H])c1n2C(C)(C)C. The summed E-state index contributed by atoms with van der Waals surface area (Å²) >= 11 is 1.86. The summed E-state index contributed by atoms with van der Waals surface area (Å²) in [6.45, 7) is 52.3. The van der Waals surface area contributed by atoms with E-state index in [0.29, 0.717) is 11.1 Å². The molecule has 3 aromatic heterocycles. The lowest BCUT2D eigenvalue weighted by Crippen LogP contribution is -2.41. The monoisotopic (exact) mass is 1780 g/mol. The van der Waals surface area contributed by atoms with Gasteiger partial charge in [-0.05, 0) is 316 Å². The Bertz CT molecular complexity index is 7210. The molecular formula is C122H133N9OS. The van der Waals surface area contributed by atoms with Gasteiger partial charge in [0.2, 0.25) is 0 Å². The predicted octanol–water partition coefficient (Wildman–Crippen LogP) is 35.5. The van der Waals surface area contributed by atoms with Gasteiger partial charge in [-0.25, -0.2) is 0 Å². The molecular weight excluding hydrogens is 1640 g/mol. The molecule has 133 heavy (non-hydrogen) atoms. The van der Waals surface area contributed by atoms with Crippen LogP contribution in [0.4, 0.5) is 73.9 Å². The lowest BCUT2D eigenvalue weighted by atomic mass is 9.98. The van der Waals surface area contributed by atoms with E-state index in [-0.39, 0.29) is 91.8 Å². The average molecular weight is 1780 g/mol. The largest absolute Gasteiger partial charge is 0.453 e. The van der Waals surface area contributed by atoms with Crippen molar-refractivity contribution < 1.29 is 14.3 Å². The molecule has 4 aliphatic heterocycles. The maximum absolute atomic E-state index is 8.49. The fraction of sp³-hybridized carbons (Fsp3) is 0.262. The molecule has 0 saturated carbocycles. The van der Waals surface area contributed by atoms with Gasteiger partial charge in [0.15, 0.2) is 11.5 Å². The normalized spacial score (nSPS) is 14.0. The van der Waals surface area contributed by atoms with Crippen molar-refractivity contribution in [1.82, 2.24) is 13.7 Å². The molecule has 10 nitrogen and oxygen atoms in total. The number of para-hydroxylation sites is 20. The van der Waals surface area contributed by atoms with E-state index in [0.717, 1.165) is 22.9 Å². The first-order valence-corrected chi connectivity index (χ1v) is 47.3. The van der Waals surface area contributed by atoms with Crippen molar-refractivity contribution in [1.29, 1.82) is 0 Å². The Labute approximate surface area is 805 Å². The van der Waals surface area contributed by atoms with Crippen LogP contribution >= 0.6 is 11.8 Å². The lowest BCUT2D eigenvalue weighted by Gasteiger charge is -2.46. The molecule has 4 aliphatic rings. The summed E-state index contributed by atoms with van der Waals surface area (Å²) in [6.07, 6.45) is 0. The minimum atomic E-state index is -0.573. The maximum Gasteiger partial charge on any atom is 0.151 e.